The molecule has 0 heterocycles. The van der Waals surface area contributed by atoms with Crippen molar-refractivity contribution in [2.45, 2.75) is 24.6 Å². The molecule has 96 valence electrons. The number of nitrogens with zero attached hydrogens (tertiary/aromatic N) is 1. The van der Waals surface area contributed by atoms with Crippen LogP contribution < -0.4 is 0 Å². The summed E-state index contributed by atoms with van der Waals surface area (Å²) in [5.41, 5.74) is 0.582. The number of benzene rings is 1. The third-order valence-corrected chi connectivity index (χ3v) is 4.85. The normalized spacial score (nSPS) is 12.1. The van der Waals surface area contributed by atoms with E-state index in [0.29, 0.717) is 18.7 Å². The van der Waals surface area contributed by atoms with Crippen LogP contribution in [0.4, 0.5) is 4.39 Å². The van der Waals surface area contributed by atoms with Gasteiger partial charge in [0.25, 0.3) is 0 Å². The van der Waals surface area contributed by atoms with Gasteiger partial charge in [-0.05, 0) is 17.7 Å². The molecular weight excluding hydrogens is 265 g/mol. The van der Waals surface area contributed by atoms with Crippen LogP contribution in [0.5, 0.6) is 0 Å². The van der Waals surface area contributed by atoms with Gasteiger partial charge in [-0.2, -0.15) is 4.31 Å². The van der Waals surface area contributed by atoms with E-state index in [4.69, 9.17) is 11.6 Å². The molecule has 0 aromatic heterocycles. The van der Waals surface area contributed by atoms with Crippen LogP contribution in [0.25, 0.3) is 0 Å². The van der Waals surface area contributed by atoms with Gasteiger partial charge in [-0.15, -0.1) is 11.6 Å². The van der Waals surface area contributed by atoms with E-state index in [1.165, 1.54) is 16.4 Å². The summed E-state index contributed by atoms with van der Waals surface area (Å²) >= 11 is 5.62. The van der Waals surface area contributed by atoms with Gasteiger partial charge < -0.3 is 0 Å². The molecule has 0 radical (unpaired) electrons. The lowest BCUT2D eigenvalue weighted by Gasteiger charge is -2.19. The Balaban J connectivity index is 3.31. The minimum absolute atomic E-state index is 0.154. The fourth-order valence-corrected chi connectivity index (χ4v) is 3.27. The Morgan fingerprint density at radius 2 is 1.88 bits per heavy atom. The standard InChI is InChI=1S/C11H15ClFNO2S/c1-3-14(4-2)17(15,16)11-7-9(8-12)5-6-10(11)13/h5-7H,3-4,8H2,1-2H3. The number of hydrogen-bond donors (Lipinski definition) is 0. The highest BCUT2D eigenvalue weighted by atomic mass is 35.5. The first-order valence-corrected chi connectivity index (χ1v) is 7.29. The van der Waals surface area contributed by atoms with Gasteiger partial charge in [0.15, 0.2) is 0 Å². The summed E-state index contributed by atoms with van der Waals surface area (Å²) in [6, 6.07) is 3.90. The summed E-state index contributed by atoms with van der Waals surface area (Å²) in [5, 5.41) is 0. The zero-order valence-corrected chi connectivity index (χ0v) is 11.4. The smallest absolute Gasteiger partial charge is 0.207 e. The molecule has 6 heteroatoms. The highest BCUT2D eigenvalue weighted by Crippen LogP contribution is 2.21. The van der Waals surface area contributed by atoms with Gasteiger partial charge >= 0.3 is 0 Å². The minimum atomic E-state index is -3.76. The molecule has 0 bridgehead atoms. The van der Waals surface area contributed by atoms with Crippen LogP contribution in [0.1, 0.15) is 19.4 Å². The van der Waals surface area contributed by atoms with Crippen LogP contribution in [-0.4, -0.2) is 25.8 Å². The second kappa shape index (κ2) is 5.80. The third-order valence-electron chi connectivity index (χ3n) is 2.47. The van der Waals surface area contributed by atoms with E-state index in [1.54, 1.807) is 13.8 Å². The maximum absolute atomic E-state index is 13.6. The third kappa shape index (κ3) is 2.97. The van der Waals surface area contributed by atoms with Crippen molar-refractivity contribution in [3.8, 4) is 0 Å². The first kappa shape index (κ1) is 14.4. The monoisotopic (exact) mass is 279 g/mol. The van der Waals surface area contributed by atoms with Crippen molar-refractivity contribution in [3.05, 3.63) is 29.6 Å². The van der Waals surface area contributed by atoms with Crippen molar-refractivity contribution in [1.29, 1.82) is 0 Å². The molecule has 0 N–H and O–H groups in total. The van der Waals surface area contributed by atoms with Crippen molar-refractivity contribution in [3.63, 3.8) is 0 Å². The topological polar surface area (TPSA) is 37.4 Å². The molecular formula is C11H15ClFNO2S. The number of halogens is 2. The molecule has 0 amide bonds. The Hall–Kier alpha value is -0.650. The van der Waals surface area contributed by atoms with Crippen LogP contribution in [0, 0.1) is 5.82 Å². The zero-order chi connectivity index (χ0) is 13.1. The maximum atomic E-state index is 13.6. The first-order chi connectivity index (χ1) is 7.97. The van der Waals surface area contributed by atoms with E-state index in [1.807, 2.05) is 0 Å². The van der Waals surface area contributed by atoms with Crippen LogP contribution in [-0.2, 0) is 15.9 Å². The molecule has 0 atom stereocenters. The van der Waals surface area contributed by atoms with E-state index in [2.05, 4.69) is 0 Å². The van der Waals surface area contributed by atoms with E-state index in [0.717, 1.165) is 6.07 Å². The van der Waals surface area contributed by atoms with Gasteiger partial charge in [-0.3, -0.25) is 0 Å². The maximum Gasteiger partial charge on any atom is 0.245 e. The number of sulfonamides is 1. The molecule has 0 aliphatic carbocycles. The van der Waals surface area contributed by atoms with Gasteiger partial charge in [0.05, 0.1) is 0 Å². The molecule has 0 saturated heterocycles. The molecule has 0 spiro atoms. The largest absolute Gasteiger partial charge is 0.245 e. The van der Waals surface area contributed by atoms with Crippen LogP contribution in [0.3, 0.4) is 0 Å². The van der Waals surface area contributed by atoms with Crippen molar-refractivity contribution in [1.82, 2.24) is 4.31 Å². The summed E-state index contributed by atoms with van der Waals surface area (Å²) in [6.07, 6.45) is 0. The zero-order valence-electron chi connectivity index (χ0n) is 9.78. The second-order valence-electron chi connectivity index (χ2n) is 3.49. The molecule has 1 aromatic rings. The summed E-state index contributed by atoms with van der Waals surface area (Å²) in [4.78, 5) is -0.306. The number of hydrogen-bond acceptors (Lipinski definition) is 2. The SMILES string of the molecule is CCN(CC)S(=O)(=O)c1cc(CCl)ccc1F. The van der Waals surface area contributed by atoms with E-state index >= 15 is 0 Å². The van der Waals surface area contributed by atoms with Crippen LogP contribution >= 0.6 is 11.6 Å². The van der Waals surface area contributed by atoms with Crippen LogP contribution in [0.2, 0.25) is 0 Å². The number of alkyl halides is 1. The number of rotatable bonds is 5. The predicted molar refractivity (Wildman–Crippen MR) is 66.1 cm³/mol. The van der Waals surface area contributed by atoms with Gasteiger partial charge in [-0.25, -0.2) is 12.8 Å². The van der Waals surface area contributed by atoms with Crippen molar-refractivity contribution >= 4 is 21.6 Å². The summed E-state index contributed by atoms with van der Waals surface area (Å²) in [6.45, 7) is 4.04. The summed E-state index contributed by atoms with van der Waals surface area (Å²) in [7, 11) is -3.76. The summed E-state index contributed by atoms with van der Waals surface area (Å²) in [5.74, 6) is -0.591. The fourth-order valence-electron chi connectivity index (χ4n) is 1.53. The Kier molecular flexibility index (Phi) is 4.91. The fraction of sp³-hybridized carbons (Fsp3) is 0.455. The lowest BCUT2D eigenvalue weighted by Crippen LogP contribution is -2.31. The van der Waals surface area contributed by atoms with Crippen molar-refractivity contribution < 1.29 is 12.8 Å². The molecule has 0 unspecified atom stereocenters. The molecule has 0 saturated carbocycles. The molecule has 1 rings (SSSR count). The van der Waals surface area contributed by atoms with Gasteiger partial charge in [0.2, 0.25) is 10.0 Å². The molecule has 1 aromatic carbocycles. The van der Waals surface area contributed by atoms with Gasteiger partial charge in [0, 0.05) is 19.0 Å². The molecule has 3 nitrogen and oxygen atoms in total. The molecule has 0 fully saturated rings. The first-order valence-electron chi connectivity index (χ1n) is 5.31. The van der Waals surface area contributed by atoms with E-state index in [-0.39, 0.29) is 10.8 Å². The Bertz CT molecular complexity index is 486. The predicted octanol–water partition coefficient (Wildman–Crippen LogP) is 2.60. The molecule has 0 aliphatic heterocycles. The average Bonchev–Trinajstić information content (AvgIpc) is 2.30. The van der Waals surface area contributed by atoms with Gasteiger partial charge in [0.1, 0.15) is 10.7 Å². The van der Waals surface area contributed by atoms with Crippen molar-refractivity contribution in [2.75, 3.05) is 13.1 Å². The molecule has 17 heavy (non-hydrogen) atoms. The Morgan fingerprint density at radius 1 is 1.29 bits per heavy atom. The Labute approximate surface area is 106 Å². The van der Waals surface area contributed by atoms with Gasteiger partial charge in [-0.1, -0.05) is 19.9 Å². The van der Waals surface area contributed by atoms with Crippen molar-refractivity contribution in [2.24, 2.45) is 0 Å². The summed E-state index contributed by atoms with van der Waals surface area (Å²) < 4.78 is 39.0. The molecule has 0 aliphatic rings. The highest BCUT2D eigenvalue weighted by molar-refractivity contribution is 7.89. The Morgan fingerprint density at radius 3 is 2.35 bits per heavy atom. The highest BCUT2D eigenvalue weighted by Gasteiger charge is 2.25. The average molecular weight is 280 g/mol. The lowest BCUT2D eigenvalue weighted by atomic mass is 10.2. The lowest BCUT2D eigenvalue weighted by molar-refractivity contribution is 0.440. The minimum Gasteiger partial charge on any atom is -0.207 e. The quantitative estimate of drug-likeness (QED) is 0.777. The second-order valence-corrected chi connectivity index (χ2v) is 5.66. The van der Waals surface area contributed by atoms with Crippen LogP contribution in [0.15, 0.2) is 23.1 Å². The van der Waals surface area contributed by atoms with E-state index < -0.39 is 15.8 Å². The van der Waals surface area contributed by atoms with E-state index in [9.17, 15) is 12.8 Å².